The van der Waals surface area contributed by atoms with Crippen molar-refractivity contribution in [1.82, 2.24) is 0 Å². The van der Waals surface area contributed by atoms with Crippen LogP contribution in [0.2, 0.25) is 0 Å². The van der Waals surface area contributed by atoms with E-state index in [1.807, 2.05) is 24.3 Å². The van der Waals surface area contributed by atoms with Gasteiger partial charge in [-0.3, -0.25) is 0 Å². The molecular formula is C11H15BrN2. The van der Waals surface area contributed by atoms with E-state index in [1.165, 1.54) is 12.8 Å². The normalized spacial score (nSPS) is 20.5. The van der Waals surface area contributed by atoms with Crippen LogP contribution >= 0.6 is 15.9 Å². The van der Waals surface area contributed by atoms with E-state index in [1.54, 1.807) is 0 Å². The first-order valence-corrected chi connectivity index (χ1v) is 5.74. The molecule has 0 heterocycles. The maximum absolute atomic E-state index is 6.10. The van der Waals surface area contributed by atoms with Crippen molar-refractivity contribution in [3.05, 3.63) is 34.3 Å². The lowest BCUT2D eigenvalue weighted by molar-refractivity contribution is 0.494. The summed E-state index contributed by atoms with van der Waals surface area (Å²) in [6.07, 6.45) is 2.48. The molecule has 0 aromatic heterocycles. The van der Waals surface area contributed by atoms with Gasteiger partial charge < -0.3 is 11.5 Å². The van der Waals surface area contributed by atoms with Crippen molar-refractivity contribution in [3.8, 4) is 0 Å². The Kier molecular flexibility index (Phi) is 2.91. The van der Waals surface area contributed by atoms with E-state index in [4.69, 9.17) is 11.5 Å². The van der Waals surface area contributed by atoms with Crippen LogP contribution in [0.15, 0.2) is 28.7 Å². The van der Waals surface area contributed by atoms with Gasteiger partial charge in [-0.2, -0.15) is 0 Å². The molecule has 14 heavy (non-hydrogen) atoms. The van der Waals surface area contributed by atoms with Gasteiger partial charge in [0.25, 0.3) is 0 Å². The Labute approximate surface area is 92.8 Å². The fourth-order valence-electron chi connectivity index (χ4n) is 1.71. The molecule has 1 aliphatic rings. The molecule has 2 nitrogen and oxygen atoms in total. The Hall–Kier alpha value is -0.380. The van der Waals surface area contributed by atoms with Gasteiger partial charge in [-0.1, -0.05) is 28.1 Å². The zero-order valence-electron chi connectivity index (χ0n) is 7.99. The number of nitrogens with two attached hydrogens (primary N) is 2. The van der Waals surface area contributed by atoms with Gasteiger partial charge in [-0.15, -0.1) is 0 Å². The molecule has 0 unspecified atom stereocenters. The van der Waals surface area contributed by atoms with Crippen LogP contribution in [0.4, 0.5) is 0 Å². The van der Waals surface area contributed by atoms with Crippen LogP contribution in [0.1, 0.15) is 24.4 Å². The third-order valence-electron chi connectivity index (χ3n) is 2.81. The van der Waals surface area contributed by atoms with E-state index < -0.39 is 0 Å². The lowest BCUT2D eigenvalue weighted by Crippen LogP contribution is -2.35. The molecule has 1 saturated carbocycles. The van der Waals surface area contributed by atoms with Crippen molar-refractivity contribution < 1.29 is 0 Å². The van der Waals surface area contributed by atoms with Gasteiger partial charge in [0.2, 0.25) is 0 Å². The second-order valence-corrected chi connectivity index (χ2v) is 4.91. The molecule has 1 aliphatic carbocycles. The summed E-state index contributed by atoms with van der Waals surface area (Å²) in [7, 11) is 0. The highest BCUT2D eigenvalue weighted by molar-refractivity contribution is 9.10. The average Bonchev–Trinajstić information content (AvgIpc) is 2.99. The standard InChI is InChI=1S/C11H15BrN2/c12-9-3-1-2-8(6-9)11(14)10(13)7-4-5-7/h1-3,6-7,10-11H,4-5,13-14H2/t10-,11-/m0/s1. The number of hydrogen-bond donors (Lipinski definition) is 2. The zero-order valence-corrected chi connectivity index (χ0v) is 9.57. The predicted molar refractivity (Wildman–Crippen MR) is 61.8 cm³/mol. The molecule has 0 radical (unpaired) electrons. The third kappa shape index (κ3) is 2.16. The minimum absolute atomic E-state index is 0.0278. The number of halogens is 1. The van der Waals surface area contributed by atoms with Gasteiger partial charge in [0.1, 0.15) is 0 Å². The molecule has 0 saturated heterocycles. The Morgan fingerprint density at radius 1 is 1.29 bits per heavy atom. The molecule has 0 aliphatic heterocycles. The fraction of sp³-hybridized carbons (Fsp3) is 0.455. The Morgan fingerprint density at radius 3 is 2.57 bits per heavy atom. The fourth-order valence-corrected chi connectivity index (χ4v) is 2.13. The Balaban J connectivity index is 2.13. The molecule has 0 spiro atoms. The van der Waals surface area contributed by atoms with Gasteiger partial charge in [0.15, 0.2) is 0 Å². The molecule has 4 N–H and O–H groups in total. The first kappa shape index (κ1) is 10.1. The van der Waals surface area contributed by atoms with E-state index in [-0.39, 0.29) is 12.1 Å². The van der Waals surface area contributed by atoms with Gasteiger partial charge in [-0.25, -0.2) is 0 Å². The molecule has 1 aromatic carbocycles. The summed E-state index contributed by atoms with van der Waals surface area (Å²) < 4.78 is 1.06. The van der Waals surface area contributed by atoms with Gasteiger partial charge in [0.05, 0.1) is 0 Å². The van der Waals surface area contributed by atoms with Gasteiger partial charge in [0, 0.05) is 16.6 Å². The van der Waals surface area contributed by atoms with Crippen molar-refractivity contribution in [3.63, 3.8) is 0 Å². The van der Waals surface area contributed by atoms with E-state index in [0.29, 0.717) is 5.92 Å². The van der Waals surface area contributed by atoms with Crippen molar-refractivity contribution in [2.75, 3.05) is 0 Å². The summed E-state index contributed by atoms with van der Waals surface area (Å²) in [5, 5.41) is 0. The van der Waals surface area contributed by atoms with Crippen LogP contribution in [0.25, 0.3) is 0 Å². The highest BCUT2D eigenvalue weighted by Crippen LogP contribution is 2.36. The van der Waals surface area contributed by atoms with E-state index in [2.05, 4.69) is 15.9 Å². The summed E-state index contributed by atoms with van der Waals surface area (Å²) in [5.74, 6) is 0.643. The number of benzene rings is 1. The number of hydrogen-bond acceptors (Lipinski definition) is 2. The first-order valence-electron chi connectivity index (χ1n) is 4.95. The predicted octanol–water partition coefficient (Wildman–Crippen LogP) is 2.19. The SMILES string of the molecule is N[C@@H](c1cccc(Br)c1)[C@@H](N)C1CC1. The summed E-state index contributed by atoms with van der Waals surface area (Å²) in [6, 6.07) is 8.17. The van der Waals surface area contributed by atoms with Crippen molar-refractivity contribution in [1.29, 1.82) is 0 Å². The summed E-state index contributed by atoms with van der Waals surface area (Å²) in [5.41, 5.74) is 13.3. The van der Waals surface area contributed by atoms with E-state index >= 15 is 0 Å². The minimum atomic E-state index is -0.0278. The molecule has 1 aromatic rings. The second kappa shape index (κ2) is 4.01. The van der Waals surface area contributed by atoms with E-state index in [9.17, 15) is 0 Å². The summed E-state index contributed by atoms with van der Waals surface area (Å²) in [6.45, 7) is 0. The van der Waals surface area contributed by atoms with Crippen LogP contribution in [0.3, 0.4) is 0 Å². The maximum Gasteiger partial charge on any atom is 0.0451 e. The van der Waals surface area contributed by atoms with Crippen LogP contribution in [0, 0.1) is 5.92 Å². The molecular weight excluding hydrogens is 240 g/mol. The molecule has 1 fully saturated rings. The summed E-state index contributed by atoms with van der Waals surface area (Å²) in [4.78, 5) is 0. The van der Waals surface area contributed by atoms with Crippen LogP contribution in [-0.4, -0.2) is 6.04 Å². The zero-order chi connectivity index (χ0) is 10.1. The molecule has 2 atom stereocenters. The molecule has 0 bridgehead atoms. The van der Waals surface area contributed by atoms with Gasteiger partial charge >= 0.3 is 0 Å². The highest BCUT2D eigenvalue weighted by Gasteiger charge is 2.32. The molecule has 0 amide bonds. The highest BCUT2D eigenvalue weighted by atomic mass is 79.9. The summed E-state index contributed by atoms with van der Waals surface area (Å²) >= 11 is 3.44. The van der Waals surface area contributed by atoms with Crippen LogP contribution in [0.5, 0.6) is 0 Å². The van der Waals surface area contributed by atoms with Crippen molar-refractivity contribution in [2.45, 2.75) is 24.9 Å². The topological polar surface area (TPSA) is 52.0 Å². The molecule has 76 valence electrons. The monoisotopic (exact) mass is 254 g/mol. The van der Waals surface area contributed by atoms with Crippen molar-refractivity contribution in [2.24, 2.45) is 17.4 Å². The van der Waals surface area contributed by atoms with Crippen molar-refractivity contribution >= 4 is 15.9 Å². The lowest BCUT2D eigenvalue weighted by Gasteiger charge is -2.19. The first-order chi connectivity index (χ1) is 6.68. The van der Waals surface area contributed by atoms with Crippen LogP contribution in [-0.2, 0) is 0 Å². The quantitative estimate of drug-likeness (QED) is 0.869. The molecule has 3 heteroatoms. The average molecular weight is 255 g/mol. The molecule has 2 rings (SSSR count). The van der Waals surface area contributed by atoms with Gasteiger partial charge in [-0.05, 0) is 36.5 Å². The maximum atomic E-state index is 6.10. The smallest absolute Gasteiger partial charge is 0.0451 e. The lowest BCUT2D eigenvalue weighted by atomic mass is 9.98. The largest absolute Gasteiger partial charge is 0.326 e. The number of rotatable bonds is 3. The Morgan fingerprint density at radius 2 is 2.00 bits per heavy atom. The van der Waals surface area contributed by atoms with E-state index in [0.717, 1.165) is 10.0 Å². The third-order valence-corrected chi connectivity index (χ3v) is 3.31. The Bertz CT molecular complexity index is 323. The van der Waals surface area contributed by atoms with Crippen LogP contribution < -0.4 is 11.5 Å². The second-order valence-electron chi connectivity index (χ2n) is 4.00. The minimum Gasteiger partial charge on any atom is -0.326 e.